The Balaban J connectivity index is 3.15. The number of benzene rings is 1. The summed E-state index contributed by atoms with van der Waals surface area (Å²) in [5, 5.41) is 10.4. The number of halogens is 1. The molecule has 0 bridgehead atoms. The van der Waals surface area contributed by atoms with Gasteiger partial charge in [-0.2, -0.15) is 0 Å². The highest BCUT2D eigenvalue weighted by atomic mass is 35.5. The Hall–Kier alpha value is -1.81. The van der Waals surface area contributed by atoms with Crippen LogP contribution in [-0.4, -0.2) is 24.0 Å². The summed E-state index contributed by atoms with van der Waals surface area (Å²) in [5.41, 5.74) is 1.92. The number of aliphatic hydroxyl groups excluding tert-OH is 1. The molecule has 5 heteroatoms. The first kappa shape index (κ1) is 14.3. The van der Waals surface area contributed by atoms with Gasteiger partial charge in [-0.15, -0.1) is 0 Å². The Morgan fingerprint density at radius 1 is 1.28 bits per heavy atom. The average Bonchev–Trinajstić information content (AvgIpc) is 2.32. The number of esters is 1. The van der Waals surface area contributed by atoms with Gasteiger partial charge in [-0.1, -0.05) is 11.6 Å². The Kier molecular flexibility index (Phi) is 4.50. The van der Waals surface area contributed by atoms with Crippen molar-refractivity contribution in [2.75, 3.05) is 7.11 Å². The monoisotopic (exact) mass is 268 g/mol. The first-order valence-electron chi connectivity index (χ1n) is 5.17. The van der Waals surface area contributed by atoms with E-state index in [0.29, 0.717) is 16.1 Å². The van der Waals surface area contributed by atoms with Crippen molar-refractivity contribution < 1.29 is 19.4 Å². The molecule has 0 fully saturated rings. The van der Waals surface area contributed by atoms with Crippen LogP contribution in [0.15, 0.2) is 18.2 Å². The minimum Gasteiger partial charge on any atom is -0.507 e. The van der Waals surface area contributed by atoms with E-state index in [9.17, 15) is 14.7 Å². The number of ether oxygens (including phenoxy) is 1. The van der Waals surface area contributed by atoms with Gasteiger partial charge in [0, 0.05) is 16.7 Å². The van der Waals surface area contributed by atoms with E-state index in [1.165, 1.54) is 0 Å². The van der Waals surface area contributed by atoms with E-state index >= 15 is 0 Å². The zero-order valence-corrected chi connectivity index (χ0v) is 11.0. The molecule has 0 saturated carbocycles. The predicted molar refractivity (Wildman–Crippen MR) is 68.6 cm³/mol. The zero-order valence-electron chi connectivity index (χ0n) is 10.3. The number of aryl methyl sites for hydroxylation is 2. The number of carbonyl (C=O) groups is 2. The van der Waals surface area contributed by atoms with Gasteiger partial charge in [0.1, 0.15) is 5.76 Å². The zero-order chi connectivity index (χ0) is 13.9. The quantitative estimate of drug-likeness (QED) is 0.396. The van der Waals surface area contributed by atoms with Crippen LogP contribution in [0, 0.1) is 13.8 Å². The van der Waals surface area contributed by atoms with Gasteiger partial charge in [0.2, 0.25) is 0 Å². The van der Waals surface area contributed by atoms with Crippen molar-refractivity contribution in [3.8, 4) is 0 Å². The molecule has 18 heavy (non-hydrogen) atoms. The van der Waals surface area contributed by atoms with Gasteiger partial charge >= 0.3 is 5.97 Å². The SMILES string of the molecule is COC(=O)C(=O)/C=C(\O)c1cc(C)c(Cl)cc1C. The summed E-state index contributed by atoms with van der Waals surface area (Å²) in [4.78, 5) is 22.2. The van der Waals surface area contributed by atoms with E-state index in [4.69, 9.17) is 11.6 Å². The van der Waals surface area contributed by atoms with E-state index in [1.807, 2.05) is 0 Å². The maximum absolute atomic E-state index is 11.3. The Morgan fingerprint density at radius 3 is 2.44 bits per heavy atom. The first-order chi connectivity index (χ1) is 8.36. The summed E-state index contributed by atoms with van der Waals surface area (Å²) in [6.07, 6.45) is 0.835. The second-order valence-electron chi connectivity index (χ2n) is 3.80. The summed E-state index contributed by atoms with van der Waals surface area (Å²) in [6, 6.07) is 3.33. The number of aliphatic hydroxyl groups is 1. The Morgan fingerprint density at radius 2 is 1.89 bits per heavy atom. The molecule has 0 amide bonds. The van der Waals surface area contributed by atoms with Crippen LogP contribution in [0.25, 0.3) is 5.76 Å². The fourth-order valence-electron chi connectivity index (χ4n) is 1.42. The second kappa shape index (κ2) is 5.69. The number of hydrogen-bond acceptors (Lipinski definition) is 4. The van der Waals surface area contributed by atoms with Crippen LogP contribution in [-0.2, 0) is 14.3 Å². The van der Waals surface area contributed by atoms with Crippen LogP contribution in [0.3, 0.4) is 0 Å². The topological polar surface area (TPSA) is 63.6 Å². The number of rotatable bonds is 3. The predicted octanol–water partition coefficient (Wildman–Crippen LogP) is 2.60. The number of carbonyl (C=O) groups excluding carboxylic acids is 2. The maximum Gasteiger partial charge on any atom is 0.378 e. The van der Waals surface area contributed by atoms with Gasteiger partial charge in [-0.05, 0) is 37.1 Å². The van der Waals surface area contributed by atoms with Crippen LogP contribution >= 0.6 is 11.6 Å². The molecule has 0 unspecified atom stereocenters. The van der Waals surface area contributed by atoms with Crippen molar-refractivity contribution >= 4 is 29.1 Å². The van der Waals surface area contributed by atoms with Crippen molar-refractivity contribution in [3.05, 3.63) is 39.9 Å². The van der Waals surface area contributed by atoms with Gasteiger partial charge in [0.15, 0.2) is 0 Å². The molecule has 0 aliphatic heterocycles. The molecule has 0 saturated heterocycles. The molecule has 1 rings (SSSR count). The number of ketones is 1. The largest absolute Gasteiger partial charge is 0.507 e. The van der Waals surface area contributed by atoms with E-state index in [2.05, 4.69) is 4.74 Å². The van der Waals surface area contributed by atoms with Crippen LogP contribution in [0.4, 0.5) is 0 Å². The lowest BCUT2D eigenvalue weighted by Crippen LogP contribution is -2.13. The minimum absolute atomic E-state index is 0.289. The Bertz CT molecular complexity index is 532. The minimum atomic E-state index is -1.02. The van der Waals surface area contributed by atoms with Gasteiger partial charge < -0.3 is 9.84 Å². The molecule has 1 aromatic carbocycles. The smallest absolute Gasteiger partial charge is 0.378 e. The Labute approximate surface area is 110 Å². The highest BCUT2D eigenvalue weighted by Crippen LogP contribution is 2.24. The summed E-state index contributed by atoms with van der Waals surface area (Å²) < 4.78 is 4.26. The third kappa shape index (κ3) is 3.11. The maximum atomic E-state index is 11.3. The molecule has 96 valence electrons. The molecule has 4 nitrogen and oxygen atoms in total. The lowest BCUT2D eigenvalue weighted by atomic mass is 10.0. The van der Waals surface area contributed by atoms with Crippen molar-refractivity contribution in [2.45, 2.75) is 13.8 Å². The van der Waals surface area contributed by atoms with E-state index in [-0.39, 0.29) is 5.76 Å². The van der Waals surface area contributed by atoms with Crippen LogP contribution < -0.4 is 0 Å². The molecule has 0 radical (unpaired) electrons. The van der Waals surface area contributed by atoms with Crippen molar-refractivity contribution in [1.82, 2.24) is 0 Å². The van der Waals surface area contributed by atoms with Crippen LogP contribution in [0.5, 0.6) is 0 Å². The highest BCUT2D eigenvalue weighted by molar-refractivity contribution is 6.39. The summed E-state index contributed by atoms with van der Waals surface area (Å²) >= 11 is 5.93. The third-order valence-corrected chi connectivity index (χ3v) is 2.84. The second-order valence-corrected chi connectivity index (χ2v) is 4.21. The van der Waals surface area contributed by atoms with E-state index in [0.717, 1.165) is 18.7 Å². The lowest BCUT2D eigenvalue weighted by Gasteiger charge is -2.07. The normalized spacial score (nSPS) is 11.2. The molecule has 1 aromatic rings. The molecule has 0 atom stereocenters. The van der Waals surface area contributed by atoms with Crippen LogP contribution in [0.1, 0.15) is 16.7 Å². The molecular weight excluding hydrogens is 256 g/mol. The molecule has 0 spiro atoms. The first-order valence-corrected chi connectivity index (χ1v) is 5.54. The standard InChI is InChI=1S/C13H13ClO4/c1-7-5-10(14)8(2)4-9(7)11(15)6-12(16)13(17)18-3/h4-6,15H,1-3H3/b11-6-. The van der Waals surface area contributed by atoms with Gasteiger partial charge in [0.05, 0.1) is 7.11 Å². The van der Waals surface area contributed by atoms with E-state index < -0.39 is 11.8 Å². The molecule has 0 aliphatic rings. The summed E-state index contributed by atoms with van der Waals surface area (Å²) in [6.45, 7) is 3.52. The van der Waals surface area contributed by atoms with Crippen molar-refractivity contribution in [3.63, 3.8) is 0 Å². The lowest BCUT2D eigenvalue weighted by molar-refractivity contribution is -0.149. The summed E-state index contributed by atoms with van der Waals surface area (Å²) in [7, 11) is 1.10. The van der Waals surface area contributed by atoms with E-state index in [1.54, 1.807) is 26.0 Å². The van der Waals surface area contributed by atoms with Gasteiger partial charge in [0.25, 0.3) is 5.78 Å². The van der Waals surface area contributed by atoms with Gasteiger partial charge in [-0.3, -0.25) is 4.79 Å². The fraction of sp³-hybridized carbons (Fsp3) is 0.231. The summed E-state index contributed by atoms with van der Waals surface area (Å²) in [5.74, 6) is -2.23. The molecule has 0 aromatic heterocycles. The van der Waals surface area contributed by atoms with Crippen molar-refractivity contribution in [2.24, 2.45) is 0 Å². The number of hydrogen-bond donors (Lipinski definition) is 1. The molecular formula is C13H13ClO4. The fourth-order valence-corrected chi connectivity index (χ4v) is 1.64. The van der Waals surface area contributed by atoms with Crippen LogP contribution in [0.2, 0.25) is 5.02 Å². The number of methoxy groups -OCH3 is 1. The highest BCUT2D eigenvalue weighted by Gasteiger charge is 2.14. The van der Waals surface area contributed by atoms with Crippen molar-refractivity contribution in [1.29, 1.82) is 0 Å². The molecule has 1 N–H and O–H groups in total. The third-order valence-electron chi connectivity index (χ3n) is 2.44. The van der Waals surface area contributed by atoms with Gasteiger partial charge in [-0.25, -0.2) is 4.79 Å². The molecule has 0 aliphatic carbocycles. The average molecular weight is 269 g/mol. The molecule has 0 heterocycles.